The topological polar surface area (TPSA) is 80.4 Å². The van der Waals surface area contributed by atoms with Crippen LogP contribution in [-0.4, -0.2) is 13.0 Å². The summed E-state index contributed by atoms with van der Waals surface area (Å²) in [5, 5.41) is 3.88. The second-order valence-electron chi connectivity index (χ2n) is 0.515. The Morgan fingerprint density at radius 2 is 1.43 bits per heavy atom. The molecule has 0 aliphatic rings. The first-order chi connectivity index (χ1) is 2.00. The van der Waals surface area contributed by atoms with Crippen LogP contribution in [0.25, 0.3) is 0 Å². The minimum absolute atomic E-state index is 0. The first kappa shape index (κ1) is 15.7. The van der Waals surface area contributed by atoms with Gasteiger partial charge in [0.05, 0.1) is 0 Å². The van der Waals surface area contributed by atoms with E-state index in [1.165, 1.54) is 0 Å². The Balaban J connectivity index is -0.0000000800. The Morgan fingerprint density at radius 3 is 1.43 bits per heavy atom. The molecule has 0 rings (SSSR count). The van der Waals surface area contributed by atoms with E-state index in [1.807, 2.05) is 0 Å². The van der Waals surface area contributed by atoms with Crippen LogP contribution in [0.2, 0.25) is 0 Å². The summed E-state index contributed by atoms with van der Waals surface area (Å²) in [7, 11) is -4.17. The summed E-state index contributed by atoms with van der Waals surface area (Å²) in [6.45, 7) is 0. The van der Waals surface area contributed by atoms with E-state index in [-0.39, 0.29) is 42.0 Å². The van der Waals surface area contributed by atoms with Gasteiger partial charge in [0.2, 0.25) is 0 Å². The summed E-state index contributed by atoms with van der Waals surface area (Å²) in [6, 6.07) is 0. The first-order valence-corrected chi connectivity index (χ1v) is 2.25. The number of hydrogen-bond donors (Lipinski definition) is 2. The van der Waals surface area contributed by atoms with Crippen LogP contribution in [-0.2, 0) is 10.3 Å². The molecule has 0 saturated carbocycles. The zero-order chi connectivity index (χ0) is 4.50. The molecule has 7 heavy (non-hydrogen) atoms. The first-order valence-electron chi connectivity index (χ1n) is 0.752. The van der Waals surface area contributed by atoms with Crippen LogP contribution in [0, 0.1) is 0 Å². The fraction of sp³-hybridized carbons (Fsp3) is 0. The second kappa shape index (κ2) is 5.30. The monoisotopic (exact) mass is 155 g/mol. The van der Waals surface area contributed by atoms with Crippen LogP contribution in [0.1, 0.15) is 0 Å². The maximum Gasteiger partial charge on any atom is 1.00 e. The van der Waals surface area contributed by atoms with Gasteiger partial charge in [-0.1, -0.05) is 0 Å². The Labute approximate surface area is 70.0 Å². The predicted molar refractivity (Wildman–Crippen MR) is 15.7 cm³/mol. The molecule has 0 aromatic carbocycles. The van der Waals surface area contributed by atoms with E-state index in [9.17, 15) is 0 Å². The zero-order valence-electron chi connectivity index (χ0n) is 3.63. The fourth-order valence-electron chi connectivity index (χ4n) is 0. The summed E-state index contributed by atoms with van der Waals surface area (Å²) in [5.41, 5.74) is 0. The van der Waals surface area contributed by atoms with E-state index in [4.69, 9.17) is 13.0 Å². The van der Waals surface area contributed by atoms with Crippen molar-refractivity contribution in [3.63, 3.8) is 0 Å². The molecule has 0 aliphatic heterocycles. The van der Waals surface area contributed by atoms with Crippen molar-refractivity contribution in [1.29, 1.82) is 0 Å². The quantitative estimate of drug-likeness (QED) is 0.270. The molecule has 0 aliphatic carbocycles. The van der Waals surface area contributed by atoms with Crippen LogP contribution < -0.4 is 47.1 Å². The molecule has 40 valence electrons. The molecule has 0 spiro atoms. The van der Waals surface area contributed by atoms with Gasteiger partial charge in [-0.3, -0.25) is 4.55 Å². The molecule has 0 bridgehead atoms. The summed E-state index contributed by atoms with van der Waals surface area (Å²) in [4.78, 5) is 0. The molecule has 0 saturated heterocycles. The van der Waals surface area contributed by atoms with Gasteiger partial charge in [-0.2, -0.15) is 8.42 Å². The average molecular weight is 156 g/mol. The number of halogens is 1. The molecule has 0 heterocycles. The zero-order valence-corrected chi connectivity index (χ0v) is 7.20. The van der Waals surface area contributed by atoms with Crippen molar-refractivity contribution in [3.8, 4) is 0 Å². The Morgan fingerprint density at radius 1 is 1.43 bits per heavy atom. The molecule has 3 N–H and O–H groups in total. The van der Waals surface area contributed by atoms with Gasteiger partial charge in [0.25, 0.3) is 0 Å². The van der Waals surface area contributed by atoms with Gasteiger partial charge in [-0.05, 0) is 0 Å². The maximum absolute atomic E-state index is 8.97. The van der Waals surface area contributed by atoms with Crippen LogP contribution in [0.4, 0.5) is 0 Å². The third kappa shape index (κ3) is 142. The number of hydrogen-bond acceptors (Lipinski definition) is 2. The largest absolute Gasteiger partial charge is 1.00 e. The minimum Gasteiger partial charge on any atom is -1.00 e. The van der Waals surface area contributed by atoms with E-state index in [0.29, 0.717) is 0 Å². The molecule has 0 unspecified atom stereocenters. The van der Waals surface area contributed by atoms with Crippen molar-refractivity contribution in [2.24, 2.45) is 5.14 Å². The van der Waals surface area contributed by atoms with Crippen LogP contribution in [0.15, 0.2) is 0 Å². The molecule has 0 atom stereocenters. The maximum atomic E-state index is 8.97. The minimum atomic E-state index is -4.17. The summed E-state index contributed by atoms with van der Waals surface area (Å²) < 4.78 is 25.2. The second-order valence-corrected chi connectivity index (χ2v) is 1.54. The van der Waals surface area contributed by atoms with Gasteiger partial charge in [0.1, 0.15) is 0 Å². The SMILES string of the molecule is NS(=O)(=O)O.[Cl-].[Na+]. The van der Waals surface area contributed by atoms with Crippen LogP contribution in [0.3, 0.4) is 0 Å². The van der Waals surface area contributed by atoms with E-state index >= 15 is 0 Å². The number of rotatable bonds is 0. The van der Waals surface area contributed by atoms with E-state index in [1.54, 1.807) is 0 Å². The summed E-state index contributed by atoms with van der Waals surface area (Å²) in [5.74, 6) is 0. The van der Waals surface area contributed by atoms with Crippen molar-refractivity contribution in [2.75, 3.05) is 0 Å². The Bertz CT molecular complexity index is 98.1. The number of nitrogens with two attached hydrogens (primary N) is 1. The molecule has 0 aromatic rings. The van der Waals surface area contributed by atoms with E-state index < -0.39 is 10.3 Å². The van der Waals surface area contributed by atoms with E-state index in [2.05, 4.69) is 5.14 Å². The van der Waals surface area contributed by atoms with Gasteiger partial charge in [-0.15, -0.1) is 0 Å². The normalized spacial score (nSPS) is 8.29. The molecular formula is H3ClNNaO3S. The van der Waals surface area contributed by atoms with Gasteiger partial charge < -0.3 is 12.4 Å². The fourth-order valence-corrected chi connectivity index (χ4v) is 0. The van der Waals surface area contributed by atoms with Crippen LogP contribution >= 0.6 is 0 Å². The molecule has 0 aromatic heterocycles. The van der Waals surface area contributed by atoms with Gasteiger partial charge in [0.15, 0.2) is 0 Å². The molecule has 0 fully saturated rings. The van der Waals surface area contributed by atoms with Gasteiger partial charge >= 0.3 is 39.9 Å². The van der Waals surface area contributed by atoms with Gasteiger partial charge in [0, 0.05) is 0 Å². The Hall–Kier alpha value is 1.16. The van der Waals surface area contributed by atoms with Crippen molar-refractivity contribution < 1.29 is 54.9 Å². The molecule has 4 nitrogen and oxygen atoms in total. The third-order valence-corrected chi connectivity index (χ3v) is 0. The summed E-state index contributed by atoms with van der Waals surface area (Å²) >= 11 is 0. The van der Waals surface area contributed by atoms with Crippen molar-refractivity contribution in [2.45, 2.75) is 0 Å². The van der Waals surface area contributed by atoms with Gasteiger partial charge in [-0.25, -0.2) is 5.14 Å². The Kier molecular flexibility index (Phi) is 11.9. The third-order valence-electron chi connectivity index (χ3n) is 0. The van der Waals surface area contributed by atoms with Crippen LogP contribution in [0.5, 0.6) is 0 Å². The van der Waals surface area contributed by atoms with Crippen molar-refractivity contribution >= 4 is 10.3 Å². The standard InChI is InChI=1S/ClH.H3NO3S.Na/c;1-5(2,3)4;/h1H;(H3,1,2,3,4);/q;;+1/p-1. The molecule has 0 radical (unpaired) electrons. The van der Waals surface area contributed by atoms with Crippen molar-refractivity contribution in [1.82, 2.24) is 0 Å². The van der Waals surface area contributed by atoms with E-state index in [0.717, 1.165) is 0 Å². The molecule has 7 heteroatoms. The van der Waals surface area contributed by atoms with Crippen molar-refractivity contribution in [3.05, 3.63) is 0 Å². The molecule has 0 amide bonds. The smallest absolute Gasteiger partial charge is 1.00 e. The average Bonchev–Trinajstić information content (AvgIpc) is 0.722. The summed E-state index contributed by atoms with van der Waals surface area (Å²) in [6.07, 6.45) is 0. The molecular weight excluding hydrogens is 153 g/mol. The predicted octanol–water partition coefficient (Wildman–Crippen LogP) is -7.24.